The largest absolute Gasteiger partial charge is 0.451 e. The molecule has 1 aliphatic heterocycles. The summed E-state index contributed by atoms with van der Waals surface area (Å²) in [5.74, 6) is -1.20. The second-order valence-electron chi connectivity index (χ2n) is 4.55. The number of imide groups is 1. The normalized spacial score (nSPS) is 14.1. The zero-order chi connectivity index (χ0) is 15.7. The van der Waals surface area contributed by atoms with E-state index < -0.39 is 17.8 Å². The van der Waals surface area contributed by atoms with Gasteiger partial charge in [-0.3, -0.25) is 20.3 Å². The average Bonchev–Trinajstić information content (AvgIpc) is 3.07. The molecular formula is C14H10FN3O4. The molecule has 8 heteroatoms. The predicted molar refractivity (Wildman–Crippen MR) is 71.8 cm³/mol. The summed E-state index contributed by atoms with van der Waals surface area (Å²) in [5, 5.41) is 2.88. The first-order chi connectivity index (χ1) is 10.5. The second kappa shape index (κ2) is 5.32. The van der Waals surface area contributed by atoms with Gasteiger partial charge < -0.3 is 4.42 Å². The average molecular weight is 303 g/mol. The third kappa shape index (κ3) is 2.66. The van der Waals surface area contributed by atoms with Crippen molar-refractivity contribution in [2.24, 2.45) is 0 Å². The molecule has 112 valence electrons. The molecule has 2 N–H and O–H groups in total. The lowest BCUT2D eigenvalue weighted by Crippen LogP contribution is -2.44. The summed E-state index contributed by atoms with van der Waals surface area (Å²) < 4.78 is 18.2. The van der Waals surface area contributed by atoms with Crippen molar-refractivity contribution in [3.8, 4) is 11.3 Å². The molecule has 2 aromatic rings. The van der Waals surface area contributed by atoms with Crippen LogP contribution in [0.3, 0.4) is 0 Å². The fraction of sp³-hybridized carbons (Fsp3) is 0.0714. The highest BCUT2D eigenvalue weighted by Gasteiger charge is 2.29. The lowest BCUT2D eigenvalue weighted by atomic mass is 10.2. The van der Waals surface area contributed by atoms with Crippen LogP contribution in [0.2, 0.25) is 0 Å². The molecule has 3 rings (SSSR count). The van der Waals surface area contributed by atoms with Crippen molar-refractivity contribution in [1.82, 2.24) is 15.8 Å². The van der Waals surface area contributed by atoms with Gasteiger partial charge in [-0.15, -0.1) is 0 Å². The van der Waals surface area contributed by atoms with Gasteiger partial charge in [-0.1, -0.05) is 0 Å². The van der Waals surface area contributed by atoms with E-state index in [1.54, 1.807) is 6.07 Å². The molecule has 4 amide bonds. The van der Waals surface area contributed by atoms with Crippen LogP contribution in [-0.2, 0) is 4.79 Å². The quantitative estimate of drug-likeness (QED) is 0.836. The summed E-state index contributed by atoms with van der Waals surface area (Å²) in [6.07, 6.45) is 0. The molecule has 7 nitrogen and oxygen atoms in total. The molecule has 1 saturated heterocycles. The molecule has 1 aromatic carbocycles. The monoisotopic (exact) mass is 303 g/mol. The highest BCUT2D eigenvalue weighted by Crippen LogP contribution is 2.22. The van der Waals surface area contributed by atoms with Crippen molar-refractivity contribution in [2.45, 2.75) is 0 Å². The van der Waals surface area contributed by atoms with Crippen molar-refractivity contribution in [1.29, 1.82) is 0 Å². The van der Waals surface area contributed by atoms with Crippen LogP contribution in [-0.4, -0.2) is 29.4 Å². The zero-order valence-electron chi connectivity index (χ0n) is 11.1. The van der Waals surface area contributed by atoms with Crippen molar-refractivity contribution in [3.63, 3.8) is 0 Å². The van der Waals surface area contributed by atoms with Gasteiger partial charge in [-0.2, -0.15) is 0 Å². The number of rotatable bonds is 3. The van der Waals surface area contributed by atoms with Crippen LogP contribution >= 0.6 is 0 Å². The highest BCUT2D eigenvalue weighted by molar-refractivity contribution is 6.03. The number of hydrazine groups is 1. The fourth-order valence-corrected chi connectivity index (χ4v) is 1.94. The molecule has 0 saturated carbocycles. The Bertz CT molecular complexity index is 754. The van der Waals surface area contributed by atoms with Gasteiger partial charge in [0, 0.05) is 5.56 Å². The smallest absolute Gasteiger partial charge is 0.343 e. The van der Waals surface area contributed by atoms with Gasteiger partial charge in [-0.05, 0) is 36.4 Å². The molecule has 1 aromatic heterocycles. The van der Waals surface area contributed by atoms with E-state index in [1.165, 1.54) is 30.3 Å². The summed E-state index contributed by atoms with van der Waals surface area (Å²) >= 11 is 0. The Morgan fingerprint density at radius 2 is 1.91 bits per heavy atom. The van der Waals surface area contributed by atoms with Gasteiger partial charge in [0.2, 0.25) is 5.91 Å². The summed E-state index contributed by atoms with van der Waals surface area (Å²) in [6, 6.07) is 7.85. The third-order valence-corrected chi connectivity index (χ3v) is 2.99. The maximum atomic E-state index is 12.9. The Labute approximate surface area is 123 Å². The summed E-state index contributed by atoms with van der Waals surface area (Å²) in [6.45, 7) is -0.254. The maximum Gasteiger partial charge on any atom is 0.343 e. The maximum absolute atomic E-state index is 12.9. The van der Waals surface area contributed by atoms with Gasteiger partial charge in [0.15, 0.2) is 5.76 Å². The topological polar surface area (TPSA) is 91.7 Å². The Morgan fingerprint density at radius 1 is 1.18 bits per heavy atom. The Kier molecular flexibility index (Phi) is 3.34. The number of nitrogens with zero attached hydrogens (tertiary/aromatic N) is 1. The second-order valence-corrected chi connectivity index (χ2v) is 4.55. The van der Waals surface area contributed by atoms with Gasteiger partial charge >= 0.3 is 11.9 Å². The van der Waals surface area contributed by atoms with Crippen LogP contribution < -0.4 is 10.7 Å². The van der Waals surface area contributed by atoms with Gasteiger partial charge in [0.25, 0.3) is 0 Å². The predicted octanol–water partition coefficient (Wildman–Crippen LogP) is 1.28. The molecule has 0 atom stereocenters. The number of carbonyl (C=O) groups excluding carboxylic acids is 3. The number of hydrogen-bond donors (Lipinski definition) is 2. The van der Waals surface area contributed by atoms with Crippen molar-refractivity contribution >= 4 is 17.8 Å². The number of hydrogen-bond acceptors (Lipinski definition) is 4. The Balaban J connectivity index is 1.73. The SMILES string of the molecule is O=C1CN(NC(=O)c2ccc(-c3ccc(F)cc3)o2)C(=O)N1. The first-order valence-electron chi connectivity index (χ1n) is 6.31. The van der Waals surface area contributed by atoms with Crippen LogP contribution in [0.4, 0.5) is 9.18 Å². The molecule has 0 radical (unpaired) electrons. The molecular weight excluding hydrogens is 293 g/mol. The molecule has 0 spiro atoms. The molecule has 0 bridgehead atoms. The molecule has 1 fully saturated rings. The Morgan fingerprint density at radius 3 is 2.55 bits per heavy atom. The van der Waals surface area contributed by atoms with E-state index in [2.05, 4.69) is 5.43 Å². The van der Waals surface area contributed by atoms with Crippen LogP contribution in [0.15, 0.2) is 40.8 Å². The van der Waals surface area contributed by atoms with E-state index in [0.29, 0.717) is 11.3 Å². The zero-order valence-corrected chi connectivity index (χ0v) is 11.1. The number of amides is 4. The van der Waals surface area contributed by atoms with E-state index in [0.717, 1.165) is 5.01 Å². The highest BCUT2D eigenvalue weighted by atomic mass is 19.1. The lowest BCUT2D eigenvalue weighted by Gasteiger charge is -2.12. The number of benzene rings is 1. The van der Waals surface area contributed by atoms with Crippen LogP contribution in [0.5, 0.6) is 0 Å². The summed E-state index contributed by atoms with van der Waals surface area (Å²) in [7, 11) is 0. The van der Waals surface area contributed by atoms with Gasteiger partial charge in [-0.25, -0.2) is 14.2 Å². The van der Waals surface area contributed by atoms with E-state index >= 15 is 0 Å². The number of halogens is 1. The van der Waals surface area contributed by atoms with Gasteiger partial charge in [0.1, 0.15) is 18.1 Å². The van der Waals surface area contributed by atoms with Crippen LogP contribution in [0, 0.1) is 5.82 Å². The molecule has 0 unspecified atom stereocenters. The van der Waals surface area contributed by atoms with Crippen molar-refractivity contribution < 1.29 is 23.2 Å². The summed E-state index contributed by atoms with van der Waals surface area (Å²) in [5.41, 5.74) is 2.86. The standard InChI is InChI=1S/C14H10FN3O4/c15-9-3-1-8(2-4-9)10-5-6-11(22-10)13(20)17-18-7-12(19)16-14(18)21/h1-6H,7H2,(H,17,20)(H,16,19,21). The van der Waals surface area contributed by atoms with Crippen LogP contribution in [0.25, 0.3) is 11.3 Å². The number of furan rings is 1. The molecule has 0 aliphatic carbocycles. The minimum absolute atomic E-state index is 0.0357. The lowest BCUT2D eigenvalue weighted by molar-refractivity contribution is -0.118. The Hall–Kier alpha value is -3.16. The molecule has 1 aliphatic rings. The van der Waals surface area contributed by atoms with E-state index in [1.807, 2.05) is 5.32 Å². The molecule has 22 heavy (non-hydrogen) atoms. The third-order valence-electron chi connectivity index (χ3n) is 2.99. The fourth-order valence-electron chi connectivity index (χ4n) is 1.94. The van der Waals surface area contributed by atoms with Crippen molar-refractivity contribution in [3.05, 3.63) is 48.0 Å². The van der Waals surface area contributed by atoms with E-state index in [4.69, 9.17) is 4.42 Å². The summed E-state index contributed by atoms with van der Waals surface area (Å²) in [4.78, 5) is 34.3. The molecule has 2 heterocycles. The number of nitrogens with one attached hydrogen (secondary N) is 2. The van der Waals surface area contributed by atoms with Crippen LogP contribution in [0.1, 0.15) is 10.6 Å². The van der Waals surface area contributed by atoms with E-state index in [9.17, 15) is 18.8 Å². The first kappa shape index (κ1) is 13.8. The number of carbonyl (C=O) groups is 3. The van der Waals surface area contributed by atoms with Crippen molar-refractivity contribution in [2.75, 3.05) is 6.54 Å². The minimum atomic E-state index is -0.705. The minimum Gasteiger partial charge on any atom is -0.451 e. The van der Waals surface area contributed by atoms with E-state index in [-0.39, 0.29) is 18.1 Å². The van der Waals surface area contributed by atoms with Gasteiger partial charge in [0.05, 0.1) is 0 Å². The first-order valence-corrected chi connectivity index (χ1v) is 6.31. The number of urea groups is 1.